The maximum absolute atomic E-state index is 5.42. The van der Waals surface area contributed by atoms with Crippen molar-refractivity contribution in [1.29, 1.82) is 0 Å². The number of rotatable bonds is 6. The highest BCUT2D eigenvalue weighted by Crippen LogP contribution is 1.98. The Kier molecular flexibility index (Phi) is 4.92. The molecule has 1 unspecified atom stereocenters. The van der Waals surface area contributed by atoms with Crippen LogP contribution in [0.15, 0.2) is 12.3 Å². The van der Waals surface area contributed by atoms with Crippen molar-refractivity contribution >= 4 is 0 Å². The van der Waals surface area contributed by atoms with Crippen LogP contribution in [0.3, 0.4) is 0 Å². The van der Waals surface area contributed by atoms with Gasteiger partial charge < -0.3 is 5.32 Å². The molecule has 3 nitrogen and oxygen atoms in total. The lowest BCUT2D eigenvalue weighted by Gasteiger charge is -2.11. The average Bonchev–Trinajstić information content (AvgIpc) is 2.63. The highest BCUT2D eigenvalue weighted by atomic mass is 15.3. The molecule has 0 aliphatic rings. The van der Waals surface area contributed by atoms with Crippen LogP contribution in [0.1, 0.15) is 25.5 Å². The summed E-state index contributed by atoms with van der Waals surface area (Å²) in [5.74, 6) is 2.76. The van der Waals surface area contributed by atoms with Gasteiger partial charge in [0.1, 0.15) is 0 Å². The average molecular weight is 205 g/mol. The fraction of sp³-hybridized carbons (Fsp3) is 0.583. The quantitative estimate of drug-likeness (QED) is 0.711. The molecule has 1 aromatic rings. The van der Waals surface area contributed by atoms with E-state index in [0.717, 1.165) is 25.8 Å². The summed E-state index contributed by atoms with van der Waals surface area (Å²) in [5.41, 5.74) is 1.23. The zero-order valence-electron chi connectivity index (χ0n) is 9.53. The summed E-state index contributed by atoms with van der Waals surface area (Å²) in [6.45, 7) is 3.06. The lowest BCUT2D eigenvalue weighted by molar-refractivity contribution is 0.555. The molecular weight excluding hydrogens is 186 g/mol. The normalized spacial score (nSPS) is 12.3. The summed E-state index contributed by atoms with van der Waals surface area (Å²) in [4.78, 5) is 0. The monoisotopic (exact) mass is 205 g/mol. The molecule has 0 saturated carbocycles. The molecule has 1 aromatic heterocycles. The first kappa shape index (κ1) is 11.8. The lowest BCUT2D eigenvalue weighted by Crippen LogP contribution is -2.29. The number of hydrogen-bond donors (Lipinski definition) is 1. The molecule has 0 bridgehead atoms. The number of nitrogens with zero attached hydrogens (tertiary/aromatic N) is 2. The summed E-state index contributed by atoms with van der Waals surface area (Å²) in [6, 6.07) is 2.25. The molecule has 0 aliphatic heterocycles. The van der Waals surface area contributed by atoms with Crippen molar-refractivity contribution in [2.45, 2.75) is 32.2 Å². The van der Waals surface area contributed by atoms with Crippen LogP contribution in [0.4, 0.5) is 0 Å². The third kappa shape index (κ3) is 3.77. The summed E-state index contributed by atoms with van der Waals surface area (Å²) in [6.07, 6.45) is 10.4. The van der Waals surface area contributed by atoms with Crippen molar-refractivity contribution in [3.8, 4) is 12.3 Å². The van der Waals surface area contributed by atoms with Crippen molar-refractivity contribution in [3.05, 3.63) is 18.0 Å². The van der Waals surface area contributed by atoms with Crippen molar-refractivity contribution in [3.63, 3.8) is 0 Å². The van der Waals surface area contributed by atoms with Crippen LogP contribution in [0.2, 0.25) is 0 Å². The molecule has 0 aliphatic carbocycles. The van der Waals surface area contributed by atoms with E-state index in [9.17, 15) is 0 Å². The van der Waals surface area contributed by atoms with Gasteiger partial charge in [0.25, 0.3) is 0 Å². The SMILES string of the molecule is C#CC(CCC)NCCc1ccnn1C. The smallest absolute Gasteiger partial charge is 0.0686 e. The minimum Gasteiger partial charge on any atom is -0.303 e. The molecule has 1 heterocycles. The standard InChI is InChI=1S/C12H19N3/c1-4-6-11(5-2)13-9-7-12-8-10-14-15(12)3/h2,8,10-11,13H,4,6-7,9H2,1,3H3. The summed E-state index contributed by atoms with van der Waals surface area (Å²) in [5, 5.41) is 7.48. The third-order valence-electron chi connectivity index (χ3n) is 2.47. The predicted octanol–water partition coefficient (Wildman–Crippen LogP) is 1.35. The number of aromatic nitrogens is 2. The molecule has 15 heavy (non-hydrogen) atoms. The number of aryl methyl sites for hydroxylation is 1. The van der Waals surface area contributed by atoms with Crippen LogP contribution in [0.25, 0.3) is 0 Å². The fourth-order valence-electron chi connectivity index (χ4n) is 1.55. The minimum atomic E-state index is 0.211. The Hall–Kier alpha value is -1.27. The van der Waals surface area contributed by atoms with Crippen LogP contribution in [-0.2, 0) is 13.5 Å². The highest BCUT2D eigenvalue weighted by molar-refractivity contribution is 5.02. The van der Waals surface area contributed by atoms with Gasteiger partial charge >= 0.3 is 0 Å². The maximum Gasteiger partial charge on any atom is 0.0686 e. The van der Waals surface area contributed by atoms with E-state index in [0.29, 0.717) is 0 Å². The number of hydrogen-bond acceptors (Lipinski definition) is 2. The Balaban J connectivity index is 2.27. The fourth-order valence-corrected chi connectivity index (χ4v) is 1.55. The Labute approximate surface area is 91.9 Å². The topological polar surface area (TPSA) is 29.9 Å². The van der Waals surface area contributed by atoms with Gasteiger partial charge in [-0.05, 0) is 12.5 Å². The molecule has 82 valence electrons. The van der Waals surface area contributed by atoms with E-state index in [-0.39, 0.29) is 6.04 Å². The molecule has 0 spiro atoms. The molecule has 0 aromatic carbocycles. The van der Waals surface area contributed by atoms with Gasteiger partial charge in [0, 0.05) is 31.9 Å². The first-order valence-electron chi connectivity index (χ1n) is 5.44. The second kappa shape index (κ2) is 6.26. The predicted molar refractivity (Wildman–Crippen MR) is 62.4 cm³/mol. The molecule has 1 atom stereocenters. The van der Waals surface area contributed by atoms with E-state index in [2.05, 4.69) is 23.3 Å². The van der Waals surface area contributed by atoms with E-state index in [4.69, 9.17) is 6.42 Å². The molecular formula is C12H19N3. The number of terminal acetylenes is 1. The van der Waals surface area contributed by atoms with Crippen molar-refractivity contribution < 1.29 is 0 Å². The Morgan fingerprint density at radius 2 is 2.47 bits per heavy atom. The van der Waals surface area contributed by atoms with Gasteiger partial charge in [-0.3, -0.25) is 4.68 Å². The third-order valence-corrected chi connectivity index (χ3v) is 2.47. The van der Waals surface area contributed by atoms with Gasteiger partial charge in [0.15, 0.2) is 0 Å². The van der Waals surface area contributed by atoms with Gasteiger partial charge in [0.05, 0.1) is 6.04 Å². The molecule has 1 N–H and O–H groups in total. The largest absolute Gasteiger partial charge is 0.303 e. The van der Waals surface area contributed by atoms with E-state index in [1.165, 1.54) is 5.69 Å². The van der Waals surface area contributed by atoms with Crippen LogP contribution < -0.4 is 5.32 Å². The van der Waals surface area contributed by atoms with Gasteiger partial charge in [-0.25, -0.2) is 0 Å². The second-order valence-corrected chi connectivity index (χ2v) is 3.66. The molecule has 0 fully saturated rings. The molecule has 3 heteroatoms. The number of nitrogens with one attached hydrogen (secondary N) is 1. The Morgan fingerprint density at radius 1 is 1.67 bits per heavy atom. The van der Waals surface area contributed by atoms with E-state index >= 15 is 0 Å². The molecule has 0 radical (unpaired) electrons. The zero-order chi connectivity index (χ0) is 11.1. The van der Waals surface area contributed by atoms with Gasteiger partial charge in [0.2, 0.25) is 0 Å². The lowest BCUT2D eigenvalue weighted by atomic mass is 10.2. The summed E-state index contributed by atoms with van der Waals surface area (Å²) >= 11 is 0. The van der Waals surface area contributed by atoms with Crippen molar-refractivity contribution in [2.75, 3.05) is 6.54 Å². The van der Waals surface area contributed by atoms with Crippen LogP contribution >= 0.6 is 0 Å². The zero-order valence-corrected chi connectivity index (χ0v) is 9.53. The highest BCUT2D eigenvalue weighted by Gasteiger charge is 2.03. The van der Waals surface area contributed by atoms with Gasteiger partial charge in [-0.15, -0.1) is 6.42 Å². The van der Waals surface area contributed by atoms with Crippen molar-refractivity contribution in [2.24, 2.45) is 7.05 Å². The van der Waals surface area contributed by atoms with Gasteiger partial charge in [-0.1, -0.05) is 19.3 Å². The van der Waals surface area contributed by atoms with Crippen LogP contribution in [-0.4, -0.2) is 22.4 Å². The minimum absolute atomic E-state index is 0.211. The Bertz CT molecular complexity index is 322. The summed E-state index contributed by atoms with van der Waals surface area (Å²) in [7, 11) is 1.96. The van der Waals surface area contributed by atoms with Crippen molar-refractivity contribution in [1.82, 2.24) is 15.1 Å². The summed E-state index contributed by atoms with van der Waals surface area (Å²) < 4.78 is 1.90. The molecule has 0 saturated heterocycles. The van der Waals surface area contributed by atoms with Crippen LogP contribution in [0, 0.1) is 12.3 Å². The van der Waals surface area contributed by atoms with E-state index in [1.54, 1.807) is 0 Å². The molecule has 0 amide bonds. The van der Waals surface area contributed by atoms with E-state index < -0.39 is 0 Å². The van der Waals surface area contributed by atoms with Gasteiger partial charge in [-0.2, -0.15) is 5.10 Å². The first-order valence-corrected chi connectivity index (χ1v) is 5.44. The first-order chi connectivity index (χ1) is 7.27. The Morgan fingerprint density at radius 3 is 3.00 bits per heavy atom. The molecule has 1 rings (SSSR count). The second-order valence-electron chi connectivity index (χ2n) is 3.66. The van der Waals surface area contributed by atoms with E-state index in [1.807, 2.05) is 24.0 Å². The maximum atomic E-state index is 5.42. The van der Waals surface area contributed by atoms with Crippen LogP contribution in [0.5, 0.6) is 0 Å².